The quantitative estimate of drug-likeness (QED) is 0.726. The fourth-order valence-electron chi connectivity index (χ4n) is 0.904. The van der Waals surface area contributed by atoms with Crippen LogP contribution in [0.3, 0.4) is 0 Å². The molecule has 0 N–H and O–H groups in total. The van der Waals surface area contributed by atoms with Crippen LogP contribution in [-0.4, -0.2) is 24.9 Å². The molecule has 1 rings (SSSR count). The number of carbonyl (C=O) groups is 1. The first-order chi connectivity index (χ1) is 6.02. The second-order valence-corrected chi connectivity index (χ2v) is 4.07. The molecule has 0 saturated carbocycles. The second-order valence-electron chi connectivity index (χ2n) is 2.82. The van der Waals surface area contributed by atoms with E-state index in [4.69, 9.17) is 0 Å². The molecule has 0 radical (unpaired) electrons. The molecule has 0 aliphatic heterocycles. The van der Waals surface area contributed by atoms with Gasteiger partial charge < -0.3 is 4.90 Å². The molecule has 0 saturated heterocycles. The van der Waals surface area contributed by atoms with E-state index in [1.54, 1.807) is 20.2 Å². The van der Waals surface area contributed by atoms with Crippen LogP contribution in [0.1, 0.15) is 10.4 Å². The van der Waals surface area contributed by atoms with Gasteiger partial charge in [-0.05, 0) is 40.8 Å². The van der Waals surface area contributed by atoms with Crippen molar-refractivity contribution in [3.05, 3.63) is 33.1 Å². The number of hydrogen-bond acceptors (Lipinski definition) is 1. The van der Waals surface area contributed by atoms with Gasteiger partial charge in [0, 0.05) is 17.7 Å². The fourth-order valence-corrected chi connectivity index (χ4v) is 1.36. The number of rotatable bonds is 1. The van der Waals surface area contributed by atoms with Crippen molar-refractivity contribution in [3.8, 4) is 0 Å². The number of carbonyl (C=O) groups excluding carboxylic acids is 1. The Morgan fingerprint density at radius 1 is 1.46 bits per heavy atom. The SMILES string of the molecule is CN(C)C(=O)c1ccc(I)cc1F. The van der Waals surface area contributed by atoms with Crippen LogP contribution >= 0.6 is 22.6 Å². The summed E-state index contributed by atoms with van der Waals surface area (Å²) in [6.07, 6.45) is 0. The minimum atomic E-state index is -0.467. The third-order valence-electron chi connectivity index (χ3n) is 1.57. The molecular weight excluding hydrogens is 284 g/mol. The van der Waals surface area contributed by atoms with Gasteiger partial charge in [-0.25, -0.2) is 4.39 Å². The van der Waals surface area contributed by atoms with Gasteiger partial charge in [0.25, 0.3) is 5.91 Å². The molecule has 0 bridgehead atoms. The number of amides is 1. The first-order valence-electron chi connectivity index (χ1n) is 3.69. The molecule has 1 aromatic rings. The van der Waals surface area contributed by atoms with E-state index in [-0.39, 0.29) is 11.5 Å². The van der Waals surface area contributed by atoms with Crippen LogP contribution in [-0.2, 0) is 0 Å². The Labute approximate surface area is 89.9 Å². The summed E-state index contributed by atoms with van der Waals surface area (Å²) in [6, 6.07) is 4.55. The van der Waals surface area contributed by atoms with Gasteiger partial charge in [-0.1, -0.05) is 0 Å². The van der Waals surface area contributed by atoms with Gasteiger partial charge in [0.2, 0.25) is 0 Å². The summed E-state index contributed by atoms with van der Waals surface area (Å²) >= 11 is 2.00. The van der Waals surface area contributed by atoms with Gasteiger partial charge in [-0.3, -0.25) is 4.79 Å². The van der Waals surface area contributed by atoms with E-state index in [2.05, 4.69) is 0 Å². The summed E-state index contributed by atoms with van der Waals surface area (Å²) in [6.45, 7) is 0. The highest BCUT2D eigenvalue weighted by Gasteiger charge is 2.12. The van der Waals surface area contributed by atoms with Crippen molar-refractivity contribution in [2.45, 2.75) is 0 Å². The summed E-state index contributed by atoms with van der Waals surface area (Å²) in [5.41, 5.74) is 0.116. The minimum absolute atomic E-state index is 0.116. The van der Waals surface area contributed by atoms with Crippen LogP contribution in [0.2, 0.25) is 0 Å². The van der Waals surface area contributed by atoms with Crippen molar-refractivity contribution in [2.75, 3.05) is 14.1 Å². The van der Waals surface area contributed by atoms with E-state index in [0.29, 0.717) is 0 Å². The third kappa shape index (κ3) is 2.40. The lowest BCUT2D eigenvalue weighted by Gasteiger charge is -2.10. The van der Waals surface area contributed by atoms with Crippen molar-refractivity contribution < 1.29 is 9.18 Å². The van der Waals surface area contributed by atoms with Crippen molar-refractivity contribution >= 4 is 28.5 Å². The van der Waals surface area contributed by atoms with Gasteiger partial charge >= 0.3 is 0 Å². The molecule has 0 fully saturated rings. The maximum absolute atomic E-state index is 13.2. The van der Waals surface area contributed by atoms with Gasteiger partial charge in [-0.15, -0.1) is 0 Å². The van der Waals surface area contributed by atoms with Crippen molar-refractivity contribution in [1.82, 2.24) is 4.90 Å². The average molecular weight is 293 g/mol. The van der Waals surface area contributed by atoms with E-state index >= 15 is 0 Å². The topological polar surface area (TPSA) is 20.3 Å². The predicted molar refractivity (Wildman–Crippen MR) is 57.1 cm³/mol. The number of halogens is 2. The highest BCUT2D eigenvalue weighted by Crippen LogP contribution is 2.13. The van der Waals surface area contributed by atoms with Crippen LogP contribution in [0.5, 0.6) is 0 Å². The van der Waals surface area contributed by atoms with Crippen molar-refractivity contribution in [1.29, 1.82) is 0 Å². The molecule has 0 atom stereocenters. The maximum Gasteiger partial charge on any atom is 0.256 e. The zero-order valence-corrected chi connectivity index (χ0v) is 9.50. The summed E-state index contributed by atoms with van der Waals surface area (Å²) in [5.74, 6) is -0.778. The van der Waals surface area contributed by atoms with Gasteiger partial charge in [-0.2, -0.15) is 0 Å². The zero-order valence-electron chi connectivity index (χ0n) is 7.34. The predicted octanol–water partition coefficient (Wildman–Crippen LogP) is 2.13. The van der Waals surface area contributed by atoms with E-state index in [9.17, 15) is 9.18 Å². The zero-order chi connectivity index (χ0) is 10.0. The fraction of sp³-hybridized carbons (Fsp3) is 0.222. The van der Waals surface area contributed by atoms with E-state index in [0.717, 1.165) is 3.57 Å². The lowest BCUT2D eigenvalue weighted by molar-refractivity contribution is 0.0823. The third-order valence-corrected chi connectivity index (χ3v) is 2.24. The maximum atomic E-state index is 13.2. The summed E-state index contributed by atoms with van der Waals surface area (Å²) in [7, 11) is 3.19. The molecule has 70 valence electrons. The average Bonchev–Trinajstić information content (AvgIpc) is 2.03. The first kappa shape index (κ1) is 10.4. The second kappa shape index (κ2) is 4.04. The Bertz CT molecular complexity index is 338. The highest BCUT2D eigenvalue weighted by molar-refractivity contribution is 14.1. The normalized spacial score (nSPS) is 9.85. The minimum Gasteiger partial charge on any atom is -0.345 e. The van der Waals surface area contributed by atoms with E-state index in [1.165, 1.54) is 17.0 Å². The summed E-state index contributed by atoms with van der Waals surface area (Å²) < 4.78 is 14.0. The molecule has 0 heterocycles. The lowest BCUT2D eigenvalue weighted by atomic mass is 10.2. The van der Waals surface area contributed by atoms with Gasteiger partial charge in [0.1, 0.15) is 5.82 Å². The number of hydrogen-bond donors (Lipinski definition) is 0. The van der Waals surface area contributed by atoms with E-state index < -0.39 is 5.82 Å². The van der Waals surface area contributed by atoms with E-state index in [1.807, 2.05) is 22.6 Å². The molecule has 0 aromatic heterocycles. The molecule has 1 aromatic carbocycles. The Kier molecular flexibility index (Phi) is 3.24. The van der Waals surface area contributed by atoms with Crippen LogP contribution in [0.15, 0.2) is 18.2 Å². The van der Waals surface area contributed by atoms with Crippen LogP contribution in [0.4, 0.5) is 4.39 Å². The first-order valence-corrected chi connectivity index (χ1v) is 4.77. The van der Waals surface area contributed by atoms with Crippen LogP contribution in [0.25, 0.3) is 0 Å². The lowest BCUT2D eigenvalue weighted by Crippen LogP contribution is -2.22. The Morgan fingerprint density at radius 2 is 2.08 bits per heavy atom. The highest BCUT2D eigenvalue weighted by atomic mass is 127. The van der Waals surface area contributed by atoms with Gasteiger partial charge in [0.15, 0.2) is 0 Å². The largest absolute Gasteiger partial charge is 0.345 e. The molecule has 0 spiro atoms. The molecular formula is C9H9FINO. The molecule has 1 amide bonds. The monoisotopic (exact) mass is 293 g/mol. The molecule has 4 heteroatoms. The van der Waals surface area contributed by atoms with Gasteiger partial charge in [0.05, 0.1) is 5.56 Å². The summed E-state index contributed by atoms with van der Waals surface area (Å²) in [4.78, 5) is 12.7. The molecule has 0 aliphatic rings. The molecule has 0 unspecified atom stereocenters. The smallest absolute Gasteiger partial charge is 0.256 e. The Hall–Kier alpha value is -0.650. The van der Waals surface area contributed by atoms with Crippen LogP contribution in [0, 0.1) is 9.39 Å². The van der Waals surface area contributed by atoms with Crippen LogP contribution < -0.4 is 0 Å². The summed E-state index contributed by atoms with van der Waals surface area (Å²) in [5, 5.41) is 0. The van der Waals surface area contributed by atoms with Crippen molar-refractivity contribution in [3.63, 3.8) is 0 Å². The van der Waals surface area contributed by atoms with Crippen molar-refractivity contribution in [2.24, 2.45) is 0 Å². The number of nitrogens with zero attached hydrogens (tertiary/aromatic N) is 1. The Morgan fingerprint density at radius 3 is 2.54 bits per heavy atom. The number of benzene rings is 1. The Balaban J connectivity index is 3.09. The molecule has 2 nitrogen and oxygen atoms in total. The molecule has 0 aliphatic carbocycles. The standard InChI is InChI=1S/C9H9FINO/c1-12(2)9(13)7-4-3-6(11)5-8(7)10/h3-5H,1-2H3. The molecule has 13 heavy (non-hydrogen) atoms.